The standard InChI is InChI=1S/C26H32N2O9S/c1-27-12-9-15-17(19(27)20-14-7-8-16(32-2)21(33-3)18(14)26(29)37-20)22(34-4)23-24(36-13-35-23)25(15)38(30,31)28-10-5-6-11-28/h7-8,19-20,26,29H,5-6,9-13H2,1-4H3. The molecule has 0 spiro atoms. The van der Waals surface area contributed by atoms with Crippen molar-refractivity contribution >= 4 is 10.0 Å². The molecule has 1 N–H and O–H groups in total. The summed E-state index contributed by atoms with van der Waals surface area (Å²) >= 11 is 0. The molecule has 0 saturated carbocycles. The number of nitrogens with zero attached hydrogens (tertiary/aromatic N) is 2. The molecule has 1 fully saturated rings. The monoisotopic (exact) mass is 548 g/mol. The van der Waals surface area contributed by atoms with Gasteiger partial charge in [0, 0.05) is 25.2 Å². The average molecular weight is 549 g/mol. The molecule has 4 aliphatic heterocycles. The molecule has 3 atom stereocenters. The van der Waals surface area contributed by atoms with Crippen molar-refractivity contribution < 1.29 is 41.9 Å². The fourth-order valence-corrected chi connectivity index (χ4v) is 8.16. The fourth-order valence-electron chi connectivity index (χ4n) is 6.25. The first-order valence-corrected chi connectivity index (χ1v) is 14.1. The molecule has 4 heterocycles. The molecule has 1 saturated heterocycles. The van der Waals surface area contributed by atoms with Crippen LogP contribution < -0.4 is 23.7 Å². The van der Waals surface area contributed by atoms with Gasteiger partial charge in [0.05, 0.1) is 32.9 Å². The van der Waals surface area contributed by atoms with Crippen molar-refractivity contribution in [2.45, 2.75) is 42.6 Å². The van der Waals surface area contributed by atoms with E-state index in [0.717, 1.165) is 18.4 Å². The van der Waals surface area contributed by atoms with Crippen LogP contribution in [0.1, 0.15) is 53.5 Å². The second-order valence-electron chi connectivity index (χ2n) is 9.82. The number of rotatable bonds is 6. The van der Waals surface area contributed by atoms with E-state index in [1.54, 1.807) is 6.07 Å². The van der Waals surface area contributed by atoms with Gasteiger partial charge in [-0.15, -0.1) is 0 Å². The Morgan fingerprint density at radius 1 is 0.947 bits per heavy atom. The molecule has 0 radical (unpaired) electrons. The molecule has 12 heteroatoms. The third-order valence-electron chi connectivity index (χ3n) is 7.95. The highest BCUT2D eigenvalue weighted by Gasteiger charge is 2.48. The zero-order valence-corrected chi connectivity index (χ0v) is 22.7. The maximum Gasteiger partial charge on any atom is 0.247 e. The van der Waals surface area contributed by atoms with E-state index in [2.05, 4.69) is 4.90 Å². The topological polar surface area (TPSA) is 116 Å². The van der Waals surface area contributed by atoms with E-state index in [0.29, 0.717) is 60.0 Å². The molecule has 0 amide bonds. The van der Waals surface area contributed by atoms with Gasteiger partial charge in [0.2, 0.25) is 22.6 Å². The van der Waals surface area contributed by atoms with Gasteiger partial charge in [-0.2, -0.15) is 4.31 Å². The Kier molecular flexibility index (Phi) is 6.35. The summed E-state index contributed by atoms with van der Waals surface area (Å²) in [7, 11) is 2.66. The lowest BCUT2D eigenvalue weighted by atomic mass is 9.85. The Hall–Kier alpha value is -2.77. The lowest BCUT2D eigenvalue weighted by Gasteiger charge is -2.40. The Bertz CT molecular complexity index is 1370. The van der Waals surface area contributed by atoms with Crippen LogP contribution in [-0.4, -0.2) is 77.5 Å². The zero-order valence-electron chi connectivity index (χ0n) is 21.9. The molecular formula is C26H32N2O9S. The lowest BCUT2D eigenvalue weighted by molar-refractivity contribution is -0.142. The summed E-state index contributed by atoms with van der Waals surface area (Å²) in [4.78, 5) is 2.23. The summed E-state index contributed by atoms with van der Waals surface area (Å²) < 4.78 is 64.2. The predicted octanol–water partition coefficient (Wildman–Crippen LogP) is 2.52. The van der Waals surface area contributed by atoms with Crippen LogP contribution in [0, 0.1) is 0 Å². The number of aliphatic hydroxyl groups excluding tert-OH is 1. The zero-order chi connectivity index (χ0) is 26.8. The van der Waals surface area contributed by atoms with Gasteiger partial charge in [-0.3, -0.25) is 4.90 Å². The first-order valence-electron chi connectivity index (χ1n) is 12.6. The van der Waals surface area contributed by atoms with Crippen molar-refractivity contribution in [2.75, 3.05) is 54.8 Å². The molecule has 206 valence electrons. The van der Waals surface area contributed by atoms with Crippen LogP contribution in [0.5, 0.6) is 28.7 Å². The number of hydrogen-bond donors (Lipinski definition) is 1. The van der Waals surface area contributed by atoms with Gasteiger partial charge in [-0.05, 0) is 43.5 Å². The van der Waals surface area contributed by atoms with Crippen molar-refractivity contribution in [3.05, 3.63) is 34.4 Å². The SMILES string of the molecule is COc1ccc2c(c1OC)C(O)OC2C1c2c(c(S(=O)(=O)N3CCCC3)c3c(c2OC)OCO3)CCN1C. The van der Waals surface area contributed by atoms with Gasteiger partial charge in [-0.1, -0.05) is 6.07 Å². The third kappa shape index (κ3) is 3.58. The van der Waals surface area contributed by atoms with Gasteiger partial charge in [0.1, 0.15) is 11.0 Å². The van der Waals surface area contributed by atoms with E-state index in [-0.39, 0.29) is 23.2 Å². The van der Waals surface area contributed by atoms with E-state index in [9.17, 15) is 13.5 Å². The maximum atomic E-state index is 14.0. The molecule has 6 rings (SSSR count). The number of sulfonamides is 1. The second-order valence-corrected chi connectivity index (χ2v) is 11.7. The van der Waals surface area contributed by atoms with Crippen molar-refractivity contribution in [1.29, 1.82) is 0 Å². The molecular weight excluding hydrogens is 516 g/mol. The second kappa shape index (κ2) is 9.45. The summed E-state index contributed by atoms with van der Waals surface area (Å²) in [6.45, 7) is 1.39. The van der Waals surface area contributed by atoms with Crippen LogP contribution in [0.4, 0.5) is 0 Å². The Morgan fingerprint density at radius 3 is 2.34 bits per heavy atom. The fraction of sp³-hybridized carbons (Fsp3) is 0.538. The van der Waals surface area contributed by atoms with Crippen molar-refractivity contribution in [3.8, 4) is 28.7 Å². The number of benzene rings is 2. The predicted molar refractivity (Wildman–Crippen MR) is 135 cm³/mol. The highest BCUT2D eigenvalue weighted by Crippen LogP contribution is 2.59. The Labute approximate surface area is 221 Å². The minimum absolute atomic E-state index is 0.101. The number of ether oxygens (including phenoxy) is 6. The molecule has 2 aromatic rings. The minimum atomic E-state index is -3.86. The van der Waals surface area contributed by atoms with Crippen LogP contribution in [0.3, 0.4) is 0 Å². The van der Waals surface area contributed by atoms with Crippen LogP contribution >= 0.6 is 0 Å². The van der Waals surface area contributed by atoms with Crippen molar-refractivity contribution in [2.24, 2.45) is 0 Å². The molecule has 0 aromatic heterocycles. The van der Waals surface area contributed by atoms with Gasteiger partial charge in [0.15, 0.2) is 29.3 Å². The van der Waals surface area contributed by atoms with Gasteiger partial charge >= 0.3 is 0 Å². The van der Waals surface area contributed by atoms with E-state index in [4.69, 9.17) is 28.4 Å². The molecule has 2 aromatic carbocycles. The molecule has 11 nitrogen and oxygen atoms in total. The smallest absolute Gasteiger partial charge is 0.247 e. The van der Waals surface area contributed by atoms with Gasteiger partial charge < -0.3 is 33.5 Å². The number of fused-ring (bicyclic) bond motifs is 3. The minimum Gasteiger partial charge on any atom is -0.493 e. The molecule has 4 aliphatic rings. The molecule has 0 aliphatic carbocycles. The number of hydrogen-bond acceptors (Lipinski definition) is 10. The van der Waals surface area contributed by atoms with Crippen LogP contribution in [0.25, 0.3) is 0 Å². The number of likely N-dealkylation sites (N-methyl/N-ethyl adjacent to an activating group) is 1. The quantitative estimate of drug-likeness (QED) is 0.577. The summed E-state index contributed by atoms with van der Waals surface area (Å²) in [6, 6.07) is 3.13. The van der Waals surface area contributed by atoms with E-state index in [1.165, 1.54) is 25.6 Å². The highest BCUT2D eigenvalue weighted by molar-refractivity contribution is 7.89. The molecule has 0 bridgehead atoms. The first kappa shape index (κ1) is 25.5. The van der Waals surface area contributed by atoms with Crippen molar-refractivity contribution in [3.63, 3.8) is 0 Å². The normalized spacial score (nSPS) is 24.8. The first-order chi connectivity index (χ1) is 18.3. The number of aliphatic hydroxyl groups is 1. The Morgan fingerprint density at radius 2 is 1.66 bits per heavy atom. The van der Waals surface area contributed by atoms with Crippen LogP contribution in [0.15, 0.2) is 17.0 Å². The van der Waals surface area contributed by atoms with E-state index < -0.39 is 28.5 Å². The summed E-state index contributed by atoms with van der Waals surface area (Å²) in [6.07, 6.45) is 0.190. The summed E-state index contributed by atoms with van der Waals surface area (Å²) in [5, 5.41) is 11.0. The summed E-state index contributed by atoms with van der Waals surface area (Å²) in [5.74, 6) is 1.77. The molecule has 38 heavy (non-hydrogen) atoms. The lowest BCUT2D eigenvalue weighted by Crippen LogP contribution is -2.38. The summed E-state index contributed by atoms with van der Waals surface area (Å²) in [5.41, 5.74) is 2.50. The highest BCUT2D eigenvalue weighted by atomic mass is 32.2. The van der Waals surface area contributed by atoms with Crippen LogP contribution in [-0.2, 0) is 21.2 Å². The maximum absolute atomic E-state index is 14.0. The van der Waals surface area contributed by atoms with Gasteiger partial charge in [-0.25, -0.2) is 8.42 Å². The van der Waals surface area contributed by atoms with E-state index >= 15 is 0 Å². The Balaban J connectivity index is 1.58. The third-order valence-corrected chi connectivity index (χ3v) is 9.95. The van der Waals surface area contributed by atoms with Crippen molar-refractivity contribution in [1.82, 2.24) is 9.21 Å². The number of methoxy groups -OCH3 is 3. The van der Waals surface area contributed by atoms with Crippen LogP contribution in [0.2, 0.25) is 0 Å². The van der Waals surface area contributed by atoms with E-state index in [1.807, 2.05) is 13.1 Å². The largest absolute Gasteiger partial charge is 0.493 e. The van der Waals surface area contributed by atoms with Gasteiger partial charge in [0.25, 0.3) is 0 Å². The average Bonchev–Trinajstić information content (AvgIpc) is 3.68. The molecule has 3 unspecified atom stereocenters.